The number of nitrogens with one attached hydrogen (secondary N) is 2. The molecule has 0 saturated heterocycles. The van der Waals surface area contributed by atoms with Gasteiger partial charge in [0.25, 0.3) is 0 Å². The fourth-order valence-electron chi connectivity index (χ4n) is 1.47. The van der Waals surface area contributed by atoms with Crippen molar-refractivity contribution < 1.29 is 0 Å². The molecule has 0 unspecified atom stereocenters. The molecule has 0 aliphatic carbocycles. The Bertz CT molecular complexity index is 437. The lowest BCUT2D eigenvalue weighted by Crippen LogP contribution is -2.01. The zero-order valence-corrected chi connectivity index (χ0v) is 10.1. The fraction of sp³-hybridized carbons (Fsp3) is 0.500. The van der Waals surface area contributed by atoms with E-state index in [9.17, 15) is 4.79 Å². The lowest BCUT2D eigenvalue weighted by molar-refractivity contribution is 0.832. The van der Waals surface area contributed by atoms with Crippen LogP contribution >= 0.6 is 0 Å². The molecule has 1 rings (SSSR count). The highest BCUT2D eigenvalue weighted by atomic mass is 16.1. The van der Waals surface area contributed by atoms with E-state index in [1.54, 1.807) is 0 Å². The Hall–Kier alpha value is -1.58. The van der Waals surface area contributed by atoms with Crippen LogP contribution in [0.2, 0.25) is 0 Å². The first-order chi connectivity index (χ1) is 7.50. The van der Waals surface area contributed by atoms with Gasteiger partial charge in [-0.2, -0.15) is 0 Å². The predicted molar refractivity (Wildman–Crippen MR) is 68.1 cm³/mol. The van der Waals surface area contributed by atoms with Gasteiger partial charge in [-0.25, -0.2) is 4.79 Å². The molecule has 0 saturated carbocycles. The van der Waals surface area contributed by atoms with E-state index < -0.39 is 0 Å². The summed E-state index contributed by atoms with van der Waals surface area (Å²) in [4.78, 5) is 21.0. The van der Waals surface area contributed by atoms with Crippen LogP contribution in [0.1, 0.15) is 38.6 Å². The summed E-state index contributed by atoms with van der Waals surface area (Å²) in [6.07, 6.45) is 3.50. The fourth-order valence-corrected chi connectivity index (χ4v) is 1.47. The molecule has 0 bridgehead atoms. The van der Waals surface area contributed by atoms with Gasteiger partial charge in [0.2, 0.25) is 0 Å². The zero-order valence-electron chi connectivity index (χ0n) is 10.1. The molecule has 88 valence electrons. The molecule has 0 aliphatic rings. The number of aryl methyl sites for hydroxylation is 1. The molecule has 0 atom stereocenters. The van der Waals surface area contributed by atoms with E-state index in [1.165, 1.54) is 0 Å². The van der Waals surface area contributed by atoms with E-state index in [4.69, 9.17) is 0 Å². The third-order valence-corrected chi connectivity index (χ3v) is 2.16. The third-order valence-electron chi connectivity index (χ3n) is 2.16. The van der Waals surface area contributed by atoms with Crippen LogP contribution in [0.15, 0.2) is 16.4 Å². The highest BCUT2D eigenvalue weighted by Gasteiger charge is 2.06. The van der Waals surface area contributed by atoms with E-state index in [2.05, 4.69) is 21.5 Å². The van der Waals surface area contributed by atoms with Gasteiger partial charge >= 0.3 is 5.69 Å². The van der Waals surface area contributed by atoms with Crippen molar-refractivity contribution in [2.45, 2.75) is 39.7 Å². The van der Waals surface area contributed by atoms with Gasteiger partial charge in [0.15, 0.2) is 0 Å². The van der Waals surface area contributed by atoms with E-state index >= 15 is 0 Å². The molecular weight excluding hydrogens is 202 g/mol. The van der Waals surface area contributed by atoms with Crippen molar-refractivity contribution in [3.8, 4) is 0 Å². The van der Waals surface area contributed by atoms with Crippen LogP contribution in [0.25, 0.3) is 5.57 Å². The summed E-state index contributed by atoms with van der Waals surface area (Å²) < 4.78 is 0. The molecule has 16 heavy (non-hydrogen) atoms. The largest absolute Gasteiger partial charge is 0.323 e. The minimum absolute atomic E-state index is 0.172. The van der Waals surface area contributed by atoms with Crippen LogP contribution in [0.5, 0.6) is 0 Å². The average molecular weight is 221 g/mol. The summed E-state index contributed by atoms with van der Waals surface area (Å²) >= 11 is 0. The van der Waals surface area contributed by atoms with E-state index in [1.807, 2.05) is 27.0 Å². The second kappa shape index (κ2) is 5.49. The normalized spacial score (nSPS) is 11.5. The van der Waals surface area contributed by atoms with Crippen molar-refractivity contribution >= 4 is 11.8 Å². The minimum Gasteiger partial charge on any atom is -0.309 e. The smallest absolute Gasteiger partial charge is 0.309 e. The van der Waals surface area contributed by atoms with Crippen LogP contribution < -0.4 is 5.69 Å². The van der Waals surface area contributed by atoms with Crippen LogP contribution in [-0.2, 0) is 6.42 Å². The number of aromatic nitrogens is 2. The van der Waals surface area contributed by atoms with Gasteiger partial charge in [0, 0.05) is 11.7 Å². The highest BCUT2D eigenvalue weighted by molar-refractivity contribution is 5.61. The second-order valence-electron chi connectivity index (χ2n) is 4.18. The maximum absolute atomic E-state index is 11.2. The van der Waals surface area contributed by atoms with Gasteiger partial charge < -0.3 is 9.97 Å². The van der Waals surface area contributed by atoms with Gasteiger partial charge in [-0.3, -0.25) is 4.99 Å². The number of imidazole rings is 1. The summed E-state index contributed by atoms with van der Waals surface area (Å²) in [5.74, 6) is 0. The third kappa shape index (κ3) is 3.53. The number of aliphatic imine (C=N–C) groups is 1. The number of hydrogen-bond donors (Lipinski definition) is 2. The Labute approximate surface area is 95.5 Å². The molecular formula is C12H19N3O. The number of rotatable bonds is 5. The number of nitrogens with zero attached hydrogens (tertiary/aromatic N) is 1. The maximum Gasteiger partial charge on any atom is 0.323 e. The second-order valence-corrected chi connectivity index (χ2v) is 4.18. The summed E-state index contributed by atoms with van der Waals surface area (Å²) in [5.41, 5.74) is 2.43. The predicted octanol–water partition coefficient (Wildman–Crippen LogP) is 2.15. The lowest BCUT2D eigenvalue weighted by Gasteiger charge is -2.00. The number of hydrogen-bond acceptors (Lipinski definition) is 2. The molecule has 1 heterocycles. The summed E-state index contributed by atoms with van der Waals surface area (Å²) in [7, 11) is 0. The number of allylic oxidation sites excluding steroid dienone is 1. The first kappa shape index (κ1) is 12.5. The molecule has 0 aromatic carbocycles. The summed E-state index contributed by atoms with van der Waals surface area (Å²) in [6, 6.07) is 0.325. The molecule has 0 spiro atoms. The molecule has 0 radical (unpaired) electrons. The minimum atomic E-state index is -0.172. The quantitative estimate of drug-likeness (QED) is 0.735. The molecule has 4 nitrogen and oxygen atoms in total. The van der Waals surface area contributed by atoms with Crippen LogP contribution in [-0.4, -0.2) is 22.2 Å². The average Bonchev–Trinajstić information content (AvgIpc) is 2.54. The Kier molecular flexibility index (Phi) is 4.28. The molecule has 1 aromatic heterocycles. The Morgan fingerprint density at radius 2 is 2.19 bits per heavy atom. The Morgan fingerprint density at radius 1 is 1.50 bits per heavy atom. The number of H-pyrrole nitrogens is 2. The van der Waals surface area contributed by atoms with Gasteiger partial charge in [-0.15, -0.1) is 0 Å². The van der Waals surface area contributed by atoms with Crippen molar-refractivity contribution in [3.63, 3.8) is 0 Å². The molecule has 1 aromatic rings. The van der Waals surface area contributed by atoms with E-state index in [0.29, 0.717) is 6.04 Å². The highest BCUT2D eigenvalue weighted by Crippen LogP contribution is 2.12. The van der Waals surface area contributed by atoms with Crippen LogP contribution in [0, 0.1) is 0 Å². The first-order valence-corrected chi connectivity index (χ1v) is 5.49. The van der Waals surface area contributed by atoms with Gasteiger partial charge in [0.1, 0.15) is 0 Å². The lowest BCUT2D eigenvalue weighted by atomic mass is 10.1. The van der Waals surface area contributed by atoms with Crippen LogP contribution in [0.3, 0.4) is 0 Å². The van der Waals surface area contributed by atoms with Crippen LogP contribution in [0.4, 0.5) is 0 Å². The molecule has 0 fully saturated rings. The Balaban J connectivity index is 2.67. The van der Waals surface area contributed by atoms with Crippen molar-refractivity contribution in [1.29, 1.82) is 0 Å². The van der Waals surface area contributed by atoms with E-state index in [0.717, 1.165) is 29.8 Å². The molecule has 0 aliphatic heterocycles. The Morgan fingerprint density at radius 3 is 2.75 bits per heavy atom. The maximum atomic E-state index is 11.2. The standard InChI is InChI=1S/C12H19N3O/c1-8(2)11-10(14-12(16)15-11)6-5-7-13-9(3)4/h7,9H,1,5-6H2,2-4H3,(H2,14,15,16)/b13-7+. The summed E-state index contributed by atoms with van der Waals surface area (Å²) in [5, 5.41) is 0. The van der Waals surface area contributed by atoms with Crippen molar-refractivity contribution in [3.05, 3.63) is 28.5 Å². The topological polar surface area (TPSA) is 61.0 Å². The van der Waals surface area contributed by atoms with Gasteiger partial charge in [-0.1, -0.05) is 6.58 Å². The first-order valence-electron chi connectivity index (χ1n) is 5.49. The van der Waals surface area contributed by atoms with Gasteiger partial charge in [-0.05, 0) is 45.4 Å². The SMILES string of the molecule is C=C(C)c1[nH]c(=O)[nH]c1CC/C=N/C(C)C. The number of aromatic amines is 2. The van der Waals surface area contributed by atoms with Gasteiger partial charge in [0.05, 0.1) is 5.69 Å². The monoisotopic (exact) mass is 221 g/mol. The van der Waals surface area contributed by atoms with Crippen molar-refractivity contribution in [1.82, 2.24) is 9.97 Å². The van der Waals surface area contributed by atoms with E-state index in [-0.39, 0.29) is 5.69 Å². The van der Waals surface area contributed by atoms with Crippen molar-refractivity contribution in [2.75, 3.05) is 0 Å². The summed E-state index contributed by atoms with van der Waals surface area (Å²) in [6.45, 7) is 9.78. The molecule has 0 amide bonds. The van der Waals surface area contributed by atoms with Crippen molar-refractivity contribution in [2.24, 2.45) is 4.99 Å². The molecule has 2 N–H and O–H groups in total. The zero-order chi connectivity index (χ0) is 12.1. The molecule has 4 heteroatoms.